The number of furan rings is 1. The van der Waals surface area contributed by atoms with Crippen molar-refractivity contribution < 1.29 is 9.15 Å². The molecule has 5 heteroatoms. The van der Waals surface area contributed by atoms with Crippen molar-refractivity contribution in [1.29, 1.82) is 0 Å². The van der Waals surface area contributed by atoms with E-state index >= 15 is 0 Å². The van der Waals surface area contributed by atoms with Gasteiger partial charge in [0, 0.05) is 31.5 Å². The highest BCUT2D eigenvalue weighted by Gasteiger charge is 2.19. The van der Waals surface area contributed by atoms with Crippen LogP contribution in [0.15, 0.2) is 22.7 Å². The first-order chi connectivity index (χ1) is 10.6. The first-order valence-corrected chi connectivity index (χ1v) is 7.99. The van der Waals surface area contributed by atoms with E-state index < -0.39 is 0 Å². The predicted octanol–water partition coefficient (Wildman–Crippen LogP) is 3.20. The zero-order valence-corrected chi connectivity index (χ0v) is 13.7. The van der Waals surface area contributed by atoms with Gasteiger partial charge in [0.2, 0.25) is 0 Å². The Kier molecular flexibility index (Phi) is 4.64. The molecule has 0 unspecified atom stereocenters. The molecule has 1 saturated heterocycles. The van der Waals surface area contributed by atoms with E-state index in [2.05, 4.69) is 36.1 Å². The van der Waals surface area contributed by atoms with Crippen molar-refractivity contribution >= 4 is 0 Å². The quantitative estimate of drug-likeness (QED) is 0.851. The third-order valence-corrected chi connectivity index (χ3v) is 4.38. The summed E-state index contributed by atoms with van der Waals surface area (Å²) in [5.41, 5.74) is 2.47. The topological polar surface area (TPSA) is 43.4 Å². The highest BCUT2D eigenvalue weighted by atomic mass is 16.5. The fourth-order valence-electron chi connectivity index (χ4n) is 2.93. The third-order valence-electron chi connectivity index (χ3n) is 4.38. The minimum Gasteiger partial charge on any atom is -0.462 e. The van der Waals surface area contributed by atoms with Gasteiger partial charge in [0.15, 0.2) is 0 Å². The fraction of sp³-hybridized carbons (Fsp3) is 0.588. The molecule has 1 aliphatic heterocycles. The van der Waals surface area contributed by atoms with Gasteiger partial charge in [-0.15, -0.1) is 0 Å². The van der Waals surface area contributed by atoms with E-state index in [1.165, 1.54) is 17.7 Å². The molecule has 1 fully saturated rings. The SMILES string of the molecule is Cc1c(CN(C)Cc2ccc([C@@H]3CCCCO3)o2)cnn1C. The lowest BCUT2D eigenvalue weighted by molar-refractivity contribution is 0.000907. The third kappa shape index (κ3) is 3.42. The Morgan fingerprint density at radius 2 is 2.18 bits per heavy atom. The average molecular weight is 303 g/mol. The van der Waals surface area contributed by atoms with Crippen molar-refractivity contribution in [2.75, 3.05) is 13.7 Å². The molecule has 120 valence electrons. The molecule has 22 heavy (non-hydrogen) atoms. The molecular weight excluding hydrogens is 278 g/mol. The van der Waals surface area contributed by atoms with Gasteiger partial charge in [-0.05, 0) is 45.4 Å². The Balaban J connectivity index is 1.58. The second kappa shape index (κ2) is 6.67. The average Bonchev–Trinajstić information content (AvgIpc) is 3.10. The van der Waals surface area contributed by atoms with E-state index in [0.717, 1.165) is 44.1 Å². The van der Waals surface area contributed by atoms with Crippen molar-refractivity contribution in [3.8, 4) is 0 Å². The lowest BCUT2D eigenvalue weighted by atomic mass is 10.1. The van der Waals surface area contributed by atoms with Crippen molar-refractivity contribution in [2.24, 2.45) is 7.05 Å². The summed E-state index contributed by atoms with van der Waals surface area (Å²) in [5.74, 6) is 1.97. The van der Waals surface area contributed by atoms with Gasteiger partial charge < -0.3 is 9.15 Å². The molecule has 0 saturated carbocycles. The molecular formula is C17H25N3O2. The normalized spacial score (nSPS) is 19.0. The smallest absolute Gasteiger partial charge is 0.133 e. The summed E-state index contributed by atoms with van der Waals surface area (Å²) in [6.45, 7) is 4.61. The van der Waals surface area contributed by atoms with Gasteiger partial charge in [-0.2, -0.15) is 5.10 Å². The van der Waals surface area contributed by atoms with E-state index in [4.69, 9.17) is 9.15 Å². The maximum Gasteiger partial charge on any atom is 0.133 e. The predicted molar refractivity (Wildman–Crippen MR) is 84.4 cm³/mol. The van der Waals surface area contributed by atoms with Crippen LogP contribution in [0, 0.1) is 6.92 Å². The monoisotopic (exact) mass is 303 g/mol. The van der Waals surface area contributed by atoms with Crippen LogP contribution in [0.2, 0.25) is 0 Å². The van der Waals surface area contributed by atoms with Crippen LogP contribution in [0.4, 0.5) is 0 Å². The summed E-state index contributed by atoms with van der Waals surface area (Å²) in [6.07, 6.45) is 5.54. The number of aryl methyl sites for hydroxylation is 1. The molecule has 2 aromatic heterocycles. The number of hydrogen-bond acceptors (Lipinski definition) is 4. The minimum absolute atomic E-state index is 0.147. The molecule has 0 spiro atoms. The molecule has 5 nitrogen and oxygen atoms in total. The Morgan fingerprint density at radius 1 is 1.32 bits per heavy atom. The molecule has 2 aromatic rings. The van der Waals surface area contributed by atoms with E-state index in [9.17, 15) is 0 Å². The van der Waals surface area contributed by atoms with Crippen LogP contribution in [0.25, 0.3) is 0 Å². The summed E-state index contributed by atoms with van der Waals surface area (Å²) in [4.78, 5) is 2.24. The zero-order chi connectivity index (χ0) is 15.5. The van der Waals surface area contributed by atoms with Crippen molar-refractivity contribution in [1.82, 2.24) is 14.7 Å². The van der Waals surface area contributed by atoms with Crippen molar-refractivity contribution in [2.45, 2.75) is 45.4 Å². The van der Waals surface area contributed by atoms with Gasteiger partial charge in [0.25, 0.3) is 0 Å². The number of nitrogens with zero attached hydrogens (tertiary/aromatic N) is 3. The first-order valence-electron chi connectivity index (χ1n) is 7.99. The molecule has 1 aliphatic rings. The van der Waals surface area contributed by atoms with Crippen molar-refractivity contribution in [3.63, 3.8) is 0 Å². The van der Waals surface area contributed by atoms with E-state index in [0.29, 0.717) is 0 Å². The molecule has 1 atom stereocenters. The maximum atomic E-state index is 5.98. The van der Waals surface area contributed by atoms with Crippen molar-refractivity contribution in [3.05, 3.63) is 41.1 Å². The lowest BCUT2D eigenvalue weighted by Gasteiger charge is -2.20. The van der Waals surface area contributed by atoms with Gasteiger partial charge in [-0.1, -0.05) is 0 Å². The fourth-order valence-corrected chi connectivity index (χ4v) is 2.93. The summed E-state index contributed by atoms with van der Waals surface area (Å²) in [7, 11) is 4.08. The Morgan fingerprint density at radius 3 is 2.86 bits per heavy atom. The number of hydrogen-bond donors (Lipinski definition) is 0. The van der Waals surface area contributed by atoms with Crippen LogP contribution < -0.4 is 0 Å². The van der Waals surface area contributed by atoms with Gasteiger partial charge in [0.05, 0.1) is 12.7 Å². The van der Waals surface area contributed by atoms with Crippen LogP contribution in [0.3, 0.4) is 0 Å². The van der Waals surface area contributed by atoms with E-state index in [1.807, 2.05) is 17.9 Å². The van der Waals surface area contributed by atoms with Crippen LogP contribution in [0.5, 0.6) is 0 Å². The molecule has 3 rings (SSSR count). The highest BCUT2D eigenvalue weighted by Crippen LogP contribution is 2.29. The van der Waals surface area contributed by atoms with Gasteiger partial charge in [-0.25, -0.2) is 0 Å². The Bertz CT molecular complexity index is 611. The molecule has 0 aliphatic carbocycles. The van der Waals surface area contributed by atoms with Crippen LogP contribution in [-0.4, -0.2) is 28.3 Å². The Labute approximate surface area is 131 Å². The highest BCUT2D eigenvalue weighted by molar-refractivity contribution is 5.16. The standard InChI is InChI=1S/C17H25N3O2/c1-13-14(10-18-20(13)3)11-19(2)12-15-7-8-17(22-15)16-6-4-5-9-21-16/h7-8,10,16H,4-6,9,11-12H2,1-3H3/t16-/m0/s1. The zero-order valence-electron chi connectivity index (χ0n) is 13.7. The first kappa shape index (κ1) is 15.3. The summed E-state index contributed by atoms with van der Waals surface area (Å²) in [5, 5.41) is 4.29. The number of aromatic nitrogens is 2. The van der Waals surface area contributed by atoms with Crippen LogP contribution in [-0.2, 0) is 24.9 Å². The largest absolute Gasteiger partial charge is 0.462 e. The summed E-state index contributed by atoms with van der Waals surface area (Å²) < 4.78 is 13.7. The Hall–Kier alpha value is -1.59. The van der Waals surface area contributed by atoms with Gasteiger partial charge >= 0.3 is 0 Å². The molecule has 0 N–H and O–H groups in total. The second-order valence-electron chi connectivity index (χ2n) is 6.21. The number of ether oxygens (including phenoxy) is 1. The molecule has 0 amide bonds. The van der Waals surface area contributed by atoms with Crippen LogP contribution in [0.1, 0.15) is 48.1 Å². The van der Waals surface area contributed by atoms with E-state index in [-0.39, 0.29) is 6.10 Å². The minimum atomic E-state index is 0.147. The second-order valence-corrected chi connectivity index (χ2v) is 6.21. The summed E-state index contributed by atoms with van der Waals surface area (Å²) in [6, 6.07) is 4.13. The molecule has 0 radical (unpaired) electrons. The van der Waals surface area contributed by atoms with E-state index in [1.54, 1.807) is 0 Å². The van der Waals surface area contributed by atoms with Gasteiger partial charge in [0.1, 0.15) is 17.6 Å². The van der Waals surface area contributed by atoms with Crippen LogP contribution >= 0.6 is 0 Å². The lowest BCUT2D eigenvalue weighted by Crippen LogP contribution is -2.17. The molecule has 3 heterocycles. The maximum absolute atomic E-state index is 5.98. The number of rotatable bonds is 5. The summed E-state index contributed by atoms with van der Waals surface area (Å²) >= 11 is 0. The molecule has 0 bridgehead atoms. The van der Waals surface area contributed by atoms with Gasteiger partial charge in [-0.3, -0.25) is 9.58 Å². The molecule has 0 aromatic carbocycles.